The summed E-state index contributed by atoms with van der Waals surface area (Å²) in [6.07, 6.45) is 1.53. The molecule has 6 nitrogen and oxygen atoms in total. The van der Waals surface area contributed by atoms with E-state index in [9.17, 15) is 0 Å². The molecule has 0 bridgehead atoms. The zero-order valence-electron chi connectivity index (χ0n) is 12.8. The number of methoxy groups -OCH3 is 1. The van der Waals surface area contributed by atoms with E-state index in [1.54, 1.807) is 11.8 Å². The highest BCUT2D eigenvalue weighted by Crippen LogP contribution is 2.24. The van der Waals surface area contributed by atoms with Gasteiger partial charge in [0.2, 0.25) is 0 Å². The van der Waals surface area contributed by atoms with Crippen LogP contribution in [0.15, 0.2) is 24.5 Å². The number of hydrogen-bond donors (Lipinski definition) is 1. The summed E-state index contributed by atoms with van der Waals surface area (Å²) in [6.45, 7) is 4.71. The molecule has 0 saturated heterocycles. The third kappa shape index (κ3) is 4.27. The maximum atomic E-state index is 5.96. The van der Waals surface area contributed by atoms with Gasteiger partial charge in [0.1, 0.15) is 18.7 Å². The van der Waals surface area contributed by atoms with Crippen LogP contribution in [0.5, 0.6) is 5.75 Å². The van der Waals surface area contributed by atoms with Crippen LogP contribution < -0.4 is 10.1 Å². The van der Waals surface area contributed by atoms with Gasteiger partial charge in [-0.1, -0.05) is 18.2 Å². The summed E-state index contributed by atoms with van der Waals surface area (Å²) >= 11 is 0. The summed E-state index contributed by atoms with van der Waals surface area (Å²) in [4.78, 5) is 4.17. The van der Waals surface area contributed by atoms with Crippen LogP contribution in [0.2, 0.25) is 0 Å². The van der Waals surface area contributed by atoms with E-state index >= 15 is 0 Å². The Morgan fingerprint density at radius 1 is 1.33 bits per heavy atom. The zero-order chi connectivity index (χ0) is 15.1. The van der Waals surface area contributed by atoms with Crippen molar-refractivity contribution in [3.8, 4) is 5.75 Å². The summed E-state index contributed by atoms with van der Waals surface area (Å²) in [5.74, 6) is 1.71. The number of para-hydroxylation sites is 1. The lowest BCUT2D eigenvalue weighted by molar-refractivity contribution is 0.199. The van der Waals surface area contributed by atoms with E-state index in [4.69, 9.17) is 9.47 Å². The van der Waals surface area contributed by atoms with Crippen LogP contribution in [0.4, 0.5) is 0 Å². The second kappa shape index (κ2) is 7.75. The molecule has 1 heterocycles. The van der Waals surface area contributed by atoms with Crippen LogP contribution in [0, 0.1) is 6.92 Å². The molecule has 0 unspecified atom stereocenters. The Morgan fingerprint density at radius 2 is 2.19 bits per heavy atom. The van der Waals surface area contributed by atoms with Gasteiger partial charge in [-0.2, -0.15) is 5.10 Å². The Kier molecular flexibility index (Phi) is 5.71. The van der Waals surface area contributed by atoms with Crippen LogP contribution in [-0.2, 0) is 24.9 Å². The van der Waals surface area contributed by atoms with E-state index in [0.29, 0.717) is 13.2 Å². The predicted octanol–water partition coefficient (Wildman–Crippen LogP) is 1.44. The molecule has 2 aromatic rings. The van der Waals surface area contributed by atoms with Gasteiger partial charge in [-0.3, -0.25) is 4.68 Å². The molecule has 21 heavy (non-hydrogen) atoms. The molecular formula is C15H22N4O2. The van der Waals surface area contributed by atoms with Gasteiger partial charge >= 0.3 is 0 Å². The monoisotopic (exact) mass is 290 g/mol. The molecule has 0 aliphatic carbocycles. The number of benzene rings is 1. The molecule has 0 fully saturated rings. The van der Waals surface area contributed by atoms with Crippen molar-refractivity contribution >= 4 is 0 Å². The molecule has 114 valence electrons. The van der Waals surface area contributed by atoms with Gasteiger partial charge in [-0.05, 0) is 12.5 Å². The molecule has 2 rings (SSSR count). The fourth-order valence-corrected chi connectivity index (χ4v) is 2.04. The number of rotatable bonds is 8. The van der Waals surface area contributed by atoms with Crippen molar-refractivity contribution in [3.63, 3.8) is 0 Å². The lowest BCUT2D eigenvalue weighted by Gasteiger charge is -2.14. The van der Waals surface area contributed by atoms with Crippen LogP contribution in [0.25, 0.3) is 0 Å². The third-order valence-electron chi connectivity index (χ3n) is 3.24. The lowest BCUT2D eigenvalue weighted by atomic mass is 10.1. The van der Waals surface area contributed by atoms with E-state index in [1.165, 1.54) is 6.33 Å². The molecule has 1 aromatic heterocycles. The first-order valence-corrected chi connectivity index (χ1v) is 6.96. The minimum Gasteiger partial charge on any atom is -0.485 e. The van der Waals surface area contributed by atoms with E-state index in [1.807, 2.05) is 26.1 Å². The topological polar surface area (TPSA) is 61.2 Å². The van der Waals surface area contributed by atoms with Crippen molar-refractivity contribution in [2.75, 3.05) is 20.3 Å². The number of nitrogens with one attached hydrogen (secondary N) is 1. The quantitative estimate of drug-likeness (QED) is 0.745. The van der Waals surface area contributed by atoms with E-state index < -0.39 is 0 Å². The fraction of sp³-hybridized carbons (Fsp3) is 0.467. The Balaban J connectivity index is 2.01. The van der Waals surface area contributed by atoms with Gasteiger partial charge in [0.25, 0.3) is 0 Å². The van der Waals surface area contributed by atoms with Crippen molar-refractivity contribution in [2.24, 2.45) is 7.05 Å². The van der Waals surface area contributed by atoms with E-state index in [2.05, 4.69) is 21.5 Å². The van der Waals surface area contributed by atoms with Crippen LogP contribution >= 0.6 is 0 Å². The Morgan fingerprint density at radius 3 is 2.90 bits per heavy atom. The molecule has 1 N–H and O–H groups in total. The second-order valence-corrected chi connectivity index (χ2v) is 4.82. The first-order chi connectivity index (χ1) is 10.2. The zero-order valence-corrected chi connectivity index (χ0v) is 12.8. The summed E-state index contributed by atoms with van der Waals surface area (Å²) in [7, 11) is 3.56. The molecule has 0 aliphatic heterocycles. The smallest absolute Gasteiger partial charge is 0.164 e. The first-order valence-electron chi connectivity index (χ1n) is 6.96. The molecule has 0 radical (unpaired) electrons. The first kappa shape index (κ1) is 15.5. The largest absolute Gasteiger partial charge is 0.485 e. The van der Waals surface area contributed by atoms with E-state index in [-0.39, 0.29) is 0 Å². The van der Waals surface area contributed by atoms with Gasteiger partial charge in [-0.25, -0.2) is 4.98 Å². The molecule has 0 amide bonds. The van der Waals surface area contributed by atoms with Crippen molar-refractivity contribution in [3.05, 3.63) is 41.5 Å². The SMILES string of the molecule is COCCNCc1cccc(C)c1OCc1ncnn1C. The third-order valence-corrected chi connectivity index (χ3v) is 3.24. The summed E-state index contributed by atoms with van der Waals surface area (Å²) < 4.78 is 12.7. The second-order valence-electron chi connectivity index (χ2n) is 4.82. The standard InChI is InChI=1S/C15H22N4O2/c1-12-5-4-6-13(9-16-7-8-20-3)15(12)21-10-14-17-11-18-19(14)2/h4-6,11,16H,7-10H2,1-3H3. The molecule has 6 heteroatoms. The highest BCUT2D eigenvalue weighted by atomic mass is 16.5. The van der Waals surface area contributed by atoms with E-state index in [0.717, 1.165) is 35.8 Å². The maximum absolute atomic E-state index is 5.96. The number of aromatic nitrogens is 3. The van der Waals surface area contributed by atoms with Crippen LogP contribution in [0.3, 0.4) is 0 Å². The summed E-state index contributed by atoms with van der Waals surface area (Å²) in [6, 6.07) is 6.15. The van der Waals surface area contributed by atoms with Crippen molar-refractivity contribution in [2.45, 2.75) is 20.1 Å². The number of ether oxygens (including phenoxy) is 2. The average molecular weight is 290 g/mol. The van der Waals surface area contributed by atoms with Crippen molar-refractivity contribution < 1.29 is 9.47 Å². The van der Waals surface area contributed by atoms with Gasteiger partial charge in [0.15, 0.2) is 5.82 Å². The van der Waals surface area contributed by atoms with Crippen molar-refractivity contribution in [1.82, 2.24) is 20.1 Å². The van der Waals surface area contributed by atoms with Gasteiger partial charge in [0.05, 0.1) is 6.61 Å². The van der Waals surface area contributed by atoms with Crippen molar-refractivity contribution in [1.29, 1.82) is 0 Å². The highest BCUT2D eigenvalue weighted by molar-refractivity contribution is 5.40. The molecule has 0 aliphatic rings. The van der Waals surface area contributed by atoms with Crippen LogP contribution in [0.1, 0.15) is 17.0 Å². The summed E-state index contributed by atoms with van der Waals surface area (Å²) in [5.41, 5.74) is 2.25. The Labute approximate surface area is 125 Å². The average Bonchev–Trinajstić information content (AvgIpc) is 2.88. The fourth-order valence-electron chi connectivity index (χ4n) is 2.04. The predicted molar refractivity (Wildman–Crippen MR) is 80.1 cm³/mol. The molecule has 0 spiro atoms. The van der Waals surface area contributed by atoms with Gasteiger partial charge in [-0.15, -0.1) is 0 Å². The van der Waals surface area contributed by atoms with Gasteiger partial charge < -0.3 is 14.8 Å². The molecule has 0 atom stereocenters. The molecule has 0 saturated carbocycles. The number of nitrogens with zero attached hydrogens (tertiary/aromatic N) is 3. The number of aryl methyl sites for hydroxylation is 2. The summed E-state index contributed by atoms with van der Waals surface area (Å²) in [5, 5.41) is 7.38. The number of hydrogen-bond acceptors (Lipinski definition) is 5. The molecular weight excluding hydrogens is 268 g/mol. The van der Waals surface area contributed by atoms with Gasteiger partial charge in [0, 0.05) is 32.8 Å². The minimum absolute atomic E-state index is 0.409. The minimum atomic E-state index is 0.409. The highest BCUT2D eigenvalue weighted by Gasteiger charge is 2.09. The van der Waals surface area contributed by atoms with Crippen LogP contribution in [-0.4, -0.2) is 35.0 Å². The maximum Gasteiger partial charge on any atom is 0.164 e. The Hall–Kier alpha value is -1.92. The molecule has 1 aromatic carbocycles. The lowest BCUT2D eigenvalue weighted by Crippen LogP contribution is -2.19. The normalized spacial score (nSPS) is 10.8. The Bertz CT molecular complexity index is 569.